The smallest absolute Gasteiger partial charge is 0.222 e. The molecule has 0 radical (unpaired) electrons. The van der Waals surface area contributed by atoms with Gasteiger partial charge in [0.15, 0.2) is 0 Å². The van der Waals surface area contributed by atoms with Crippen LogP contribution in [-0.4, -0.2) is 27.7 Å². The second-order valence-electron chi connectivity index (χ2n) is 4.63. The number of aromatic nitrogens is 2. The van der Waals surface area contributed by atoms with Crippen LogP contribution in [0.1, 0.15) is 26.2 Å². The van der Waals surface area contributed by atoms with E-state index in [4.69, 9.17) is 0 Å². The summed E-state index contributed by atoms with van der Waals surface area (Å²) in [6, 6.07) is 0.263. The van der Waals surface area contributed by atoms with Gasteiger partial charge in [-0.05, 0) is 28.8 Å². The highest BCUT2D eigenvalue weighted by molar-refractivity contribution is 9.10. The van der Waals surface area contributed by atoms with E-state index in [0.717, 1.165) is 23.7 Å². The normalized spacial score (nSPS) is 29.3. The van der Waals surface area contributed by atoms with E-state index in [1.165, 1.54) is 0 Å². The predicted octanol–water partition coefficient (Wildman–Crippen LogP) is 2.20. The third-order valence-corrected chi connectivity index (χ3v) is 3.78. The van der Waals surface area contributed by atoms with Crippen LogP contribution >= 0.6 is 15.9 Å². The van der Waals surface area contributed by atoms with E-state index in [1.54, 1.807) is 12.4 Å². The SMILES string of the molecule is C[C@@]1(CO)CCC[C@@H]1Nc1ncc(Br)cn1. The van der Waals surface area contributed by atoms with Crippen LogP contribution in [0.25, 0.3) is 0 Å². The molecule has 0 aliphatic heterocycles. The van der Waals surface area contributed by atoms with E-state index in [9.17, 15) is 5.11 Å². The first-order valence-electron chi connectivity index (χ1n) is 5.49. The first-order valence-corrected chi connectivity index (χ1v) is 6.28. The largest absolute Gasteiger partial charge is 0.396 e. The van der Waals surface area contributed by atoms with Crippen LogP contribution in [0, 0.1) is 5.41 Å². The maximum Gasteiger partial charge on any atom is 0.222 e. The molecular formula is C11H16BrN3O. The van der Waals surface area contributed by atoms with Gasteiger partial charge in [-0.15, -0.1) is 0 Å². The average molecular weight is 286 g/mol. The molecule has 88 valence electrons. The zero-order valence-electron chi connectivity index (χ0n) is 9.28. The highest BCUT2D eigenvalue weighted by Gasteiger charge is 2.38. The Morgan fingerprint density at radius 2 is 2.25 bits per heavy atom. The quantitative estimate of drug-likeness (QED) is 0.894. The van der Waals surface area contributed by atoms with Gasteiger partial charge in [-0.3, -0.25) is 0 Å². The molecule has 0 saturated heterocycles. The molecule has 4 nitrogen and oxygen atoms in total. The van der Waals surface area contributed by atoms with E-state index >= 15 is 0 Å². The van der Waals surface area contributed by atoms with Crippen LogP contribution in [0.15, 0.2) is 16.9 Å². The Balaban J connectivity index is 2.07. The summed E-state index contributed by atoms with van der Waals surface area (Å²) in [6.45, 7) is 2.32. The van der Waals surface area contributed by atoms with Crippen molar-refractivity contribution in [3.05, 3.63) is 16.9 Å². The summed E-state index contributed by atoms with van der Waals surface area (Å²) in [5, 5.41) is 12.7. The number of aliphatic hydroxyl groups is 1. The van der Waals surface area contributed by atoms with Crippen molar-refractivity contribution in [2.75, 3.05) is 11.9 Å². The van der Waals surface area contributed by atoms with Gasteiger partial charge in [-0.1, -0.05) is 13.3 Å². The van der Waals surface area contributed by atoms with E-state index in [0.29, 0.717) is 5.95 Å². The number of anilines is 1. The van der Waals surface area contributed by atoms with Gasteiger partial charge in [0.1, 0.15) is 0 Å². The molecule has 1 saturated carbocycles. The van der Waals surface area contributed by atoms with Crippen LogP contribution in [0.4, 0.5) is 5.95 Å². The van der Waals surface area contributed by atoms with Gasteiger partial charge in [0.25, 0.3) is 0 Å². The molecule has 0 amide bonds. The summed E-state index contributed by atoms with van der Waals surface area (Å²) in [5.74, 6) is 0.634. The van der Waals surface area contributed by atoms with Crippen LogP contribution < -0.4 is 5.32 Å². The van der Waals surface area contributed by atoms with E-state index in [2.05, 4.69) is 38.1 Å². The Labute approximate surface area is 104 Å². The summed E-state index contributed by atoms with van der Waals surface area (Å²) in [5.41, 5.74) is -0.0452. The maximum absolute atomic E-state index is 9.43. The average Bonchev–Trinajstić information content (AvgIpc) is 2.65. The first kappa shape index (κ1) is 11.8. The maximum atomic E-state index is 9.43. The van der Waals surface area contributed by atoms with Crippen molar-refractivity contribution in [3.63, 3.8) is 0 Å². The summed E-state index contributed by atoms with van der Waals surface area (Å²) in [4.78, 5) is 8.38. The summed E-state index contributed by atoms with van der Waals surface area (Å²) >= 11 is 3.30. The molecule has 2 N–H and O–H groups in total. The molecule has 1 heterocycles. The van der Waals surface area contributed by atoms with Crippen molar-refractivity contribution >= 4 is 21.9 Å². The fraction of sp³-hybridized carbons (Fsp3) is 0.636. The fourth-order valence-corrected chi connectivity index (χ4v) is 2.42. The van der Waals surface area contributed by atoms with E-state index in [-0.39, 0.29) is 18.1 Å². The number of hydrogen-bond donors (Lipinski definition) is 2. The van der Waals surface area contributed by atoms with Gasteiger partial charge in [0, 0.05) is 23.9 Å². The minimum atomic E-state index is -0.0452. The molecule has 16 heavy (non-hydrogen) atoms. The molecular weight excluding hydrogens is 270 g/mol. The summed E-state index contributed by atoms with van der Waals surface area (Å²) in [7, 11) is 0. The second kappa shape index (κ2) is 4.67. The van der Waals surface area contributed by atoms with Crippen molar-refractivity contribution in [2.45, 2.75) is 32.2 Å². The summed E-state index contributed by atoms with van der Waals surface area (Å²) < 4.78 is 0.870. The van der Waals surface area contributed by atoms with Gasteiger partial charge < -0.3 is 10.4 Å². The Bertz CT molecular complexity index is 357. The summed E-state index contributed by atoms with van der Waals surface area (Å²) in [6.07, 6.45) is 6.71. The molecule has 0 spiro atoms. The molecule has 1 fully saturated rings. The van der Waals surface area contributed by atoms with Crippen molar-refractivity contribution in [1.29, 1.82) is 0 Å². The number of nitrogens with zero attached hydrogens (tertiary/aromatic N) is 2. The minimum absolute atomic E-state index is 0.0452. The minimum Gasteiger partial charge on any atom is -0.396 e. The van der Waals surface area contributed by atoms with Crippen molar-refractivity contribution in [1.82, 2.24) is 9.97 Å². The Kier molecular flexibility index (Phi) is 3.44. The van der Waals surface area contributed by atoms with Gasteiger partial charge >= 0.3 is 0 Å². The Morgan fingerprint density at radius 1 is 1.56 bits per heavy atom. The third kappa shape index (κ3) is 2.35. The molecule has 1 aliphatic carbocycles. The molecule has 0 bridgehead atoms. The molecule has 0 unspecified atom stereocenters. The predicted molar refractivity (Wildman–Crippen MR) is 66.2 cm³/mol. The van der Waals surface area contributed by atoms with Crippen molar-refractivity contribution in [2.24, 2.45) is 5.41 Å². The van der Waals surface area contributed by atoms with Gasteiger partial charge in [0.05, 0.1) is 11.1 Å². The third-order valence-electron chi connectivity index (χ3n) is 3.37. The molecule has 2 atom stereocenters. The van der Waals surface area contributed by atoms with E-state index < -0.39 is 0 Å². The standard InChI is InChI=1S/C11H16BrN3O/c1-11(7-16)4-2-3-9(11)15-10-13-5-8(12)6-14-10/h5-6,9,16H,2-4,7H2,1H3,(H,13,14,15)/t9-,11-/m0/s1. The topological polar surface area (TPSA) is 58.0 Å². The number of aliphatic hydroxyl groups excluding tert-OH is 1. The number of nitrogens with one attached hydrogen (secondary N) is 1. The lowest BCUT2D eigenvalue weighted by Gasteiger charge is -2.29. The van der Waals surface area contributed by atoms with Gasteiger partial charge in [-0.2, -0.15) is 0 Å². The number of halogens is 1. The number of hydrogen-bond acceptors (Lipinski definition) is 4. The van der Waals surface area contributed by atoms with E-state index in [1.807, 2.05) is 0 Å². The molecule has 1 aromatic heterocycles. The zero-order chi connectivity index (χ0) is 11.6. The van der Waals surface area contributed by atoms with Crippen LogP contribution in [-0.2, 0) is 0 Å². The highest BCUT2D eigenvalue weighted by Crippen LogP contribution is 2.38. The zero-order valence-corrected chi connectivity index (χ0v) is 10.9. The lowest BCUT2D eigenvalue weighted by Crippen LogP contribution is -2.36. The Hall–Kier alpha value is -0.680. The lowest BCUT2D eigenvalue weighted by atomic mass is 9.86. The first-order chi connectivity index (χ1) is 7.64. The molecule has 1 aliphatic rings. The monoisotopic (exact) mass is 285 g/mol. The molecule has 1 aromatic rings. The Morgan fingerprint density at radius 3 is 2.88 bits per heavy atom. The molecule has 5 heteroatoms. The van der Waals surface area contributed by atoms with Crippen LogP contribution in [0.3, 0.4) is 0 Å². The highest BCUT2D eigenvalue weighted by atomic mass is 79.9. The molecule has 2 rings (SSSR count). The lowest BCUT2D eigenvalue weighted by molar-refractivity contribution is 0.138. The van der Waals surface area contributed by atoms with Gasteiger partial charge in [-0.25, -0.2) is 9.97 Å². The van der Waals surface area contributed by atoms with Crippen LogP contribution in [0.2, 0.25) is 0 Å². The second-order valence-corrected chi connectivity index (χ2v) is 5.54. The fourth-order valence-electron chi connectivity index (χ4n) is 2.21. The molecule has 0 aromatic carbocycles. The van der Waals surface area contributed by atoms with Crippen molar-refractivity contribution in [3.8, 4) is 0 Å². The van der Waals surface area contributed by atoms with Crippen LogP contribution in [0.5, 0.6) is 0 Å². The van der Waals surface area contributed by atoms with Gasteiger partial charge in [0.2, 0.25) is 5.95 Å². The van der Waals surface area contributed by atoms with Crippen molar-refractivity contribution < 1.29 is 5.11 Å². The number of rotatable bonds is 3.